The van der Waals surface area contributed by atoms with Gasteiger partial charge in [0.2, 0.25) is 5.91 Å². The Morgan fingerprint density at radius 3 is 2.25 bits per heavy atom. The third kappa shape index (κ3) is 4.04. The summed E-state index contributed by atoms with van der Waals surface area (Å²) in [6, 6.07) is 0.0510. The standard InChI is InChI=1S/C12H21NO3/c1-6-7-13(9(2)3)10(14)8-12(4,5)11(15)16/h6,9H,1,7-8H2,2-5H3,(H,15,16). The second-order valence-corrected chi connectivity index (χ2v) is 4.79. The first-order valence-electron chi connectivity index (χ1n) is 5.36. The summed E-state index contributed by atoms with van der Waals surface area (Å²) in [4.78, 5) is 24.4. The number of hydrogen-bond donors (Lipinski definition) is 1. The lowest BCUT2D eigenvalue weighted by atomic mass is 9.89. The molecule has 0 fully saturated rings. The maximum absolute atomic E-state index is 11.9. The Morgan fingerprint density at radius 2 is 1.94 bits per heavy atom. The van der Waals surface area contributed by atoms with Gasteiger partial charge >= 0.3 is 5.97 Å². The highest BCUT2D eigenvalue weighted by atomic mass is 16.4. The Kier molecular flexibility index (Phi) is 5.21. The largest absolute Gasteiger partial charge is 0.481 e. The first-order valence-corrected chi connectivity index (χ1v) is 5.36. The van der Waals surface area contributed by atoms with Gasteiger partial charge in [0.15, 0.2) is 0 Å². The Bertz CT molecular complexity index is 282. The van der Waals surface area contributed by atoms with Gasteiger partial charge in [-0.15, -0.1) is 6.58 Å². The van der Waals surface area contributed by atoms with Crippen LogP contribution < -0.4 is 0 Å². The van der Waals surface area contributed by atoms with Crippen LogP contribution in [0.15, 0.2) is 12.7 Å². The van der Waals surface area contributed by atoms with E-state index in [-0.39, 0.29) is 18.4 Å². The van der Waals surface area contributed by atoms with Gasteiger partial charge in [-0.2, -0.15) is 0 Å². The number of amides is 1. The number of carboxylic acid groups (broad SMARTS) is 1. The highest BCUT2D eigenvalue weighted by Crippen LogP contribution is 2.22. The maximum Gasteiger partial charge on any atom is 0.309 e. The molecule has 4 heteroatoms. The van der Waals surface area contributed by atoms with Crippen molar-refractivity contribution in [3.8, 4) is 0 Å². The molecular formula is C12H21NO3. The van der Waals surface area contributed by atoms with E-state index in [2.05, 4.69) is 6.58 Å². The molecule has 0 aliphatic carbocycles. The van der Waals surface area contributed by atoms with Crippen LogP contribution in [0.1, 0.15) is 34.1 Å². The first-order chi connectivity index (χ1) is 7.22. The lowest BCUT2D eigenvalue weighted by Gasteiger charge is -2.28. The smallest absolute Gasteiger partial charge is 0.309 e. The molecule has 0 aromatic rings. The van der Waals surface area contributed by atoms with Gasteiger partial charge in [-0.1, -0.05) is 6.08 Å². The summed E-state index contributed by atoms with van der Waals surface area (Å²) in [6.45, 7) is 10.9. The molecule has 0 rings (SSSR count). The molecule has 0 aromatic carbocycles. The third-order valence-electron chi connectivity index (χ3n) is 2.44. The second kappa shape index (κ2) is 5.68. The minimum absolute atomic E-state index is 0.00829. The van der Waals surface area contributed by atoms with Crippen LogP contribution in [0.25, 0.3) is 0 Å². The van der Waals surface area contributed by atoms with Gasteiger partial charge in [-0.3, -0.25) is 9.59 Å². The van der Waals surface area contributed by atoms with Gasteiger partial charge in [-0.05, 0) is 27.7 Å². The minimum Gasteiger partial charge on any atom is -0.481 e. The Hall–Kier alpha value is -1.32. The van der Waals surface area contributed by atoms with Crippen LogP contribution in [-0.4, -0.2) is 34.5 Å². The molecule has 0 saturated carbocycles. The van der Waals surface area contributed by atoms with E-state index >= 15 is 0 Å². The zero-order chi connectivity index (χ0) is 12.9. The van der Waals surface area contributed by atoms with E-state index in [0.29, 0.717) is 6.54 Å². The normalized spacial score (nSPS) is 11.3. The van der Waals surface area contributed by atoms with Crippen molar-refractivity contribution in [2.45, 2.75) is 40.2 Å². The molecule has 0 aromatic heterocycles. The van der Waals surface area contributed by atoms with Crippen molar-refractivity contribution in [3.63, 3.8) is 0 Å². The van der Waals surface area contributed by atoms with Crippen molar-refractivity contribution in [1.29, 1.82) is 0 Å². The third-order valence-corrected chi connectivity index (χ3v) is 2.44. The lowest BCUT2D eigenvalue weighted by Crippen LogP contribution is -2.40. The van der Waals surface area contributed by atoms with E-state index in [4.69, 9.17) is 5.11 Å². The molecule has 0 aliphatic heterocycles. The minimum atomic E-state index is -1.02. The predicted octanol–water partition coefficient (Wildman–Crippen LogP) is 1.91. The average Bonchev–Trinajstić information content (AvgIpc) is 2.12. The van der Waals surface area contributed by atoms with Gasteiger partial charge in [0.05, 0.1) is 5.41 Å². The van der Waals surface area contributed by atoms with Crippen molar-refractivity contribution in [2.75, 3.05) is 6.54 Å². The van der Waals surface area contributed by atoms with E-state index in [1.165, 1.54) is 0 Å². The second-order valence-electron chi connectivity index (χ2n) is 4.79. The molecule has 4 nitrogen and oxygen atoms in total. The molecule has 92 valence electrons. The fraction of sp³-hybridized carbons (Fsp3) is 0.667. The monoisotopic (exact) mass is 227 g/mol. The van der Waals surface area contributed by atoms with Gasteiger partial charge in [0, 0.05) is 19.0 Å². The van der Waals surface area contributed by atoms with Gasteiger partial charge in [0.1, 0.15) is 0 Å². The van der Waals surface area contributed by atoms with Crippen LogP contribution in [0.4, 0.5) is 0 Å². The van der Waals surface area contributed by atoms with Crippen molar-refractivity contribution < 1.29 is 14.7 Å². The molecule has 1 amide bonds. The van der Waals surface area contributed by atoms with Crippen LogP contribution in [-0.2, 0) is 9.59 Å². The van der Waals surface area contributed by atoms with E-state index < -0.39 is 11.4 Å². The summed E-state index contributed by atoms with van der Waals surface area (Å²) in [5.74, 6) is -1.11. The summed E-state index contributed by atoms with van der Waals surface area (Å²) in [5.41, 5.74) is -1.02. The number of rotatable bonds is 6. The summed E-state index contributed by atoms with van der Waals surface area (Å²) in [5, 5.41) is 8.95. The molecular weight excluding hydrogens is 206 g/mol. The van der Waals surface area contributed by atoms with Gasteiger partial charge in [0.25, 0.3) is 0 Å². The highest BCUT2D eigenvalue weighted by Gasteiger charge is 2.32. The van der Waals surface area contributed by atoms with E-state index in [1.807, 2.05) is 13.8 Å². The van der Waals surface area contributed by atoms with Crippen molar-refractivity contribution >= 4 is 11.9 Å². The summed E-state index contributed by atoms with van der Waals surface area (Å²) >= 11 is 0. The quantitative estimate of drug-likeness (QED) is 0.705. The molecule has 0 bridgehead atoms. The summed E-state index contributed by atoms with van der Waals surface area (Å²) in [7, 11) is 0. The number of nitrogens with zero attached hydrogens (tertiary/aromatic N) is 1. The van der Waals surface area contributed by atoms with Crippen LogP contribution in [0.5, 0.6) is 0 Å². The van der Waals surface area contributed by atoms with Crippen molar-refractivity contribution in [2.24, 2.45) is 5.41 Å². The van der Waals surface area contributed by atoms with Crippen LogP contribution in [0.3, 0.4) is 0 Å². The topological polar surface area (TPSA) is 57.6 Å². The van der Waals surface area contributed by atoms with Crippen LogP contribution in [0, 0.1) is 5.41 Å². The number of carbonyl (C=O) groups is 2. The SMILES string of the molecule is C=CCN(C(=O)CC(C)(C)C(=O)O)C(C)C. The Labute approximate surface area is 96.9 Å². The molecule has 0 aliphatic rings. The van der Waals surface area contributed by atoms with E-state index in [0.717, 1.165) is 0 Å². The average molecular weight is 227 g/mol. The van der Waals surface area contributed by atoms with E-state index in [1.54, 1.807) is 24.8 Å². The molecule has 0 unspecified atom stereocenters. The highest BCUT2D eigenvalue weighted by molar-refractivity contribution is 5.84. The van der Waals surface area contributed by atoms with E-state index in [9.17, 15) is 9.59 Å². The number of carboxylic acids is 1. The maximum atomic E-state index is 11.9. The Balaban J connectivity index is 4.65. The molecule has 0 heterocycles. The lowest BCUT2D eigenvalue weighted by molar-refractivity contribution is -0.151. The Morgan fingerprint density at radius 1 is 1.44 bits per heavy atom. The number of carbonyl (C=O) groups excluding carboxylic acids is 1. The molecule has 0 saturated heterocycles. The van der Waals surface area contributed by atoms with Gasteiger partial charge < -0.3 is 10.0 Å². The van der Waals surface area contributed by atoms with Crippen LogP contribution >= 0.6 is 0 Å². The fourth-order valence-corrected chi connectivity index (χ4v) is 1.29. The van der Waals surface area contributed by atoms with Crippen LogP contribution in [0.2, 0.25) is 0 Å². The number of hydrogen-bond acceptors (Lipinski definition) is 2. The van der Waals surface area contributed by atoms with Crippen molar-refractivity contribution in [3.05, 3.63) is 12.7 Å². The first kappa shape index (κ1) is 14.7. The molecule has 0 radical (unpaired) electrons. The summed E-state index contributed by atoms with van der Waals surface area (Å²) < 4.78 is 0. The zero-order valence-corrected chi connectivity index (χ0v) is 10.5. The summed E-state index contributed by atoms with van der Waals surface area (Å²) in [6.07, 6.45) is 1.65. The zero-order valence-electron chi connectivity index (χ0n) is 10.5. The predicted molar refractivity (Wildman–Crippen MR) is 63.1 cm³/mol. The fourth-order valence-electron chi connectivity index (χ4n) is 1.29. The molecule has 16 heavy (non-hydrogen) atoms. The molecule has 1 N–H and O–H groups in total. The van der Waals surface area contributed by atoms with Gasteiger partial charge in [-0.25, -0.2) is 0 Å². The van der Waals surface area contributed by atoms with Crippen molar-refractivity contribution in [1.82, 2.24) is 4.90 Å². The molecule has 0 atom stereocenters. The number of aliphatic carboxylic acids is 1. The molecule has 0 spiro atoms.